The summed E-state index contributed by atoms with van der Waals surface area (Å²) in [5, 5.41) is 14.1. The number of fused-ring (bicyclic) bond motifs is 1. The number of aromatic amines is 1. The van der Waals surface area contributed by atoms with E-state index in [2.05, 4.69) is 20.3 Å². The van der Waals surface area contributed by atoms with E-state index in [1.54, 1.807) is 43.0 Å². The van der Waals surface area contributed by atoms with Crippen molar-refractivity contribution in [2.45, 2.75) is 38.6 Å². The number of H-pyrrole nitrogens is 1. The average Bonchev–Trinajstić information content (AvgIpc) is 3.30. The molecular weight excluding hydrogens is 464 g/mol. The molecule has 0 saturated heterocycles. The van der Waals surface area contributed by atoms with Crippen LogP contribution in [0.25, 0.3) is 11.0 Å². The Balaban J connectivity index is 1.40. The topological polar surface area (TPSA) is 100 Å². The standard InChI is InChI=1S/C27H27ClN4O3/c1-16-10-20(13-29-12-16)35-19-6-7-21(23(28)11-19)26(34)22-14-31-27-25(22)24(8-9-30-27)32-18-4-2-17(15-33)3-5-18/h6-14,17-18,33H,2-5,15H2,1H3,(H2,30,31,32). The molecule has 0 bridgehead atoms. The van der Waals surface area contributed by atoms with Gasteiger partial charge in [0.15, 0.2) is 5.78 Å². The third-order valence-corrected chi connectivity index (χ3v) is 6.87. The summed E-state index contributed by atoms with van der Waals surface area (Å²) in [6.07, 6.45) is 10.7. The van der Waals surface area contributed by atoms with Gasteiger partial charge in [0.2, 0.25) is 0 Å². The Hall–Kier alpha value is -3.42. The van der Waals surface area contributed by atoms with E-state index in [4.69, 9.17) is 16.3 Å². The van der Waals surface area contributed by atoms with Gasteiger partial charge in [-0.1, -0.05) is 11.6 Å². The van der Waals surface area contributed by atoms with Crippen LogP contribution < -0.4 is 10.1 Å². The van der Waals surface area contributed by atoms with Crippen molar-refractivity contribution in [1.82, 2.24) is 15.0 Å². The van der Waals surface area contributed by atoms with Crippen molar-refractivity contribution < 1.29 is 14.6 Å². The number of aryl methyl sites for hydroxylation is 1. The molecule has 3 N–H and O–H groups in total. The summed E-state index contributed by atoms with van der Waals surface area (Å²) in [6.45, 7) is 2.18. The molecule has 1 fully saturated rings. The van der Waals surface area contributed by atoms with E-state index in [0.29, 0.717) is 39.2 Å². The lowest BCUT2D eigenvalue weighted by molar-refractivity contribution is 0.104. The van der Waals surface area contributed by atoms with E-state index >= 15 is 0 Å². The summed E-state index contributed by atoms with van der Waals surface area (Å²) in [5.74, 6) is 1.32. The van der Waals surface area contributed by atoms with Gasteiger partial charge in [-0.3, -0.25) is 9.78 Å². The highest BCUT2D eigenvalue weighted by molar-refractivity contribution is 6.35. The number of rotatable bonds is 7. The van der Waals surface area contributed by atoms with Crippen LogP contribution in [-0.2, 0) is 0 Å². The van der Waals surface area contributed by atoms with Crippen LogP contribution in [0.15, 0.2) is 55.1 Å². The Labute approximate surface area is 208 Å². The highest BCUT2D eigenvalue weighted by Crippen LogP contribution is 2.33. The minimum atomic E-state index is -0.190. The maximum absolute atomic E-state index is 13.5. The quantitative estimate of drug-likeness (QED) is 0.279. The van der Waals surface area contributed by atoms with E-state index in [1.807, 2.05) is 19.1 Å². The SMILES string of the molecule is Cc1cncc(Oc2ccc(C(=O)c3c[nH]c4nccc(NC5CCC(CO)CC5)c34)c(Cl)c2)c1. The number of nitrogens with one attached hydrogen (secondary N) is 2. The third-order valence-electron chi connectivity index (χ3n) is 6.55. The molecule has 4 aromatic rings. The Bertz CT molecular complexity index is 1360. The van der Waals surface area contributed by atoms with Crippen molar-refractivity contribution in [3.05, 3.63) is 76.8 Å². The number of carbonyl (C=O) groups is 1. The number of ketones is 1. The second-order valence-electron chi connectivity index (χ2n) is 9.10. The van der Waals surface area contributed by atoms with Crippen LogP contribution in [0, 0.1) is 12.8 Å². The molecule has 0 amide bonds. The lowest BCUT2D eigenvalue weighted by atomic mass is 9.86. The van der Waals surface area contributed by atoms with Gasteiger partial charge in [-0.15, -0.1) is 0 Å². The van der Waals surface area contributed by atoms with Crippen molar-refractivity contribution in [2.24, 2.45) is 5.92 Å². The van der Waals surface area contributed by atoms with E-state index in [0.717, 1.165) is 42.3 Å². The number of aliphatic hydroxyl groups is 1. The summed E-state index contributed by atoms with van der Waals surface area (Å²) in [4.78, 5) is 25.2. The van der Waals surface area contributed by atoms with Crippen molar-refractivity contribution in [3.63, 3.8) is 0 Å². The highest BCUT2D eigenvalue weighted by Gasteiger charge is 2.24. The van der Waals surface area contributed by atoms with Gasteiger partial charge in [0.05, 0.1) is 22.2 Å². The lowest BCUT2D eigenvalue weighted by Gasteiger charge is -2.29. The number of benzene rings is 1. The number of ether oxygens (including phenoxy) is 1. The minimum Gasteiger partial charge on any atom is -0.456 e. The number of aliphatic hydroxyl groups excluding tert-OH is 1. The first kappa shape index (κ1) is 23.3. The first-order valence-corrected chi connectivity index (χ1v) is 12.2. The molecule has 180 valence electrons. The normalized spacial score (nSPS) is 17.9. The Morgan fingerprint density at radius 2 is 1.97 bits per heavy atom. The zero-order valence-electron chi connectivity index (χ0n) is 19.4. The van der Waals surface area contributed by atoms with Gasteiger partial charge in [-0.2, -0.15) is 0 Å². The Morgan fingerprint density at radius 3 is 2.71 bits per heavy atom. The van der Waals surface area contributed by atoms with Crippen LogP contribution in [0.2, 0.25) is 5.02 Å². The Morgan fingerprint density at radius 1 is 1.14 bits per heavy atom. The van der Waals surface area contributed by atoms with Crippen LogP contribution in [0.5, 0.6) is 11.5 Å². The van der Waals surface area contributed by atoms with Gasteiger partial charge in [0, 0.05) is 48.6 Å². The molecule has 1 aromatic carbocycles. The first-order chi connectivity index (χ1) is 17.0. The van der Waals surface area contributed by atoms with Gasteiger partial charge >= 0.3 is 0 Å². The first-order valence-electron chi connectivity index (χ1n) is 11.8. The van der Waals surface area contributed by atoms with E-state index < -0.39 is 0 Å². The number of aromatic nitrogens is 3. The molecule has 0 radical (unpaired) electrons. The molecular formula is C27H27ClN4O3. The number of carbonyl (C=O) groups excluding carboxylic acids is 1. The maximum Gasteiger partial charge on any atom is 0.196 e. The zero-order valence-corrected chi connectivity index (χ0v) is 20.2. The van der Waals surface area contributed by atoms with Crippen LogP contribution in [0.3, 0.4) is 0 Å². The molecule has 1 aliphatic rings. The molecule has 35 heavy (non-hydrogen) atoms. The maximum atomic E-state index is 13.5. The summed E-state index contributed by atoms with van der Waals surface area (Å²) >= 11 is 6.53. The highest BCUT2D eigenvalue weighted by atomic mass is 35.5. The third kappa shape index (κ3) is 5.01. The predicted molar refractivity (Wildman–Crippen MR) is 136 cm³/mol. The monoisotopic (exact) mass is 490 g/mol. The van der Waals surface area contributed by atoms with Crippen molar-refractivity contribution in [2.75, 3.05) is 11.9 Å². The van der Waals surface area contributed by atoms with Crippen molar-refractivity contribution in [3.8, 4) is 11.5 Å². The lowest BCUT2D eigenvalue weighted by Crippen LogP contribution is -2.27. The van der Waals surface area contributed by atoms with Gasteiger partial charge in [0.25, 0.3) is 0 Å². The van der Waals surface area contributed by atoms with Gasteiger partial charge < -0.3 is 20.1 Å². The van der Waals surface area contributed by atoms with Gasteiger partial charge in [0.1, 0.15) is 17.1 Å². The minimum absolute atomic E-state index is 0.190. The number of nitrogens with zero attached hydrogens (tertiary/aromatic N) is 2. The molecule has 8 heteroatoms. The predicted octanol–water partition coefficient (Wildman–Crippen LogP) is 5.91. The molecule has 1 aliphatic carbocycles. The van der Waals surface area contributed by atoms with Gasteiger partial charge in [-0.05, 0) is 68.4 Å². The number of pyridine rings is 2. The molecule has 3 aromatic heterocycles. The van der Waals surface area contributed by atoms with Crippen LogP contribution >= 0.6 is 11.6 Å². The summed E-state index contributed by atoms with van der Waals surface area (Å²) in [5.41, 5.74) is 3.40. The molecule has 0 aliphatic heterocycles. The van der Waals surface area contributed by atoms with E-state index in [1.165, 1.54) is 0 Å². The fourth-order valence-corrected chi connectivity index (χ4v) is 4.93. The average molecular weight is 491 g/mol. The molecule has 7 nitrogen and oxygen atoms in total. The second-order valence-corrected chi connectivity index (χ2v) is 9.51. The molecule has 5 rings (SSSR count). The van der Waals surface area contributed by atoms with Crippen LogP contribution in [-0.4, -0.2) is 38.5 Å². The van der Waals surface area contributed by atoms with Gasteiger partial charge in [-0.25, -0.2) is 4.98 Å². The molecule has 0 unspecified atom stereocenters. The van der Waals surface area contributed by atoms with E-state index in [9.17, 15) is 9.90 Å². The number of anilines is 1. The van der Waals surface area contributed by atoms with Crippen molar-refractivity contribution >= 4 is 34.1 Å². The molecule has 1 saturated carbocycles. The van der Waals surface area contributed by atoms with Crippen molar-refractivity contribution in [1.29, 1.82) is 0 Å². The Kier molecular flexibility index (Phi) is 6.70. The summed E-state index contributed by atoms with van der Waals surface area (Å²) in [7, 11) is 0. The summed E-state index contributed by atoms with van der Waals surface area (Å²) < 4.78 is 5.85. The molecule has 0 spiro atoms. The number of hydrogen-bond acceptors (Lipinski definition) is 6. The second kappa shape index (κ2) is 10.1. The zero-order chi connectivity index (χ0) is 24.4. The van der Waals surface area contributed by atoms with Crippen LogP contribution in [0.4, 0.5) is 5.69 Å². The smallest absolute Gasteiger partial charge is 0.196 e. The van der Waals surface area contributed by atoms with Crippen LogP contribution in [0.1, 0.15) is 47.2 Å². The summed E-state index contributed by atoms with van der Waals surface area (Å²) in [6, 6.07) is 9.12. The number of halogens is 1. The molecule has 0 atom stereocenters. The fraction of sp³-hybridized carbons (Fsp3) is 0.296. The largest absolute Gasteiger partial charge is 0.456 e. The number of hydrogen-bond donors (Lipinski definition) is 3. The van der Waals surface area contributed by atoms with E-state index in [-0.39, 0.29) is 18.4 Å². The fourth-order valence-electron chi connectivity index (χ4n) is 4.67. The molecule has 3 heterocycles.